The number of unbranched alkanes of at least 4 members (excludes halogenated alkanes) is 2. The number of alkyl halides is 3. The van der Waals surface area contributed by atoms with Crippen LogP contribution in [-0.2, 0) is 16.0 Å². The van der Waals surface area contributed by atoms with Crippen LogP contribution >= 0.6 is 0 Å². The Morgan fingerprint density at radius 1 is 0.979 bits per heavy atom. The SMILES string of the molecule is CC(C)(C)OC(=O)N1CCN(CCCONCCCCCc2ccn3c(-c4cccc(NC(=O)NCC(F)(F)F)c4)cnc3c2)CC1. The van der Waals surface area contributed by atoms with Crippen LogP contribution in [0, 0.1) is 0 Å². The van der Waals surface area contributed by atoms with E-state index in [1.54, 1.807) is 34.6 Å². The van der Waals surface area contributed by atoms with Gasteiger partial charge in [0.25, 0.3) is 0 Å². The lowest BCUT2D eigenvalue weighted by atomic mass is 10.1. The van der Waals surface area contributed by atoms with E-state index in [0.717, 1.165) is 75.2 Å². The number of hydrogen-bond donors (Lipinski definition) is 3. The van der Waals surface area contributed by atoms with Crippen molar-refractivity contribution in [2.45, 2.75) is 64.7 Å². The van der Waals surface area contributed by atoms with E-state index >= 15 is 0 Å². The fraction of sp³-hybridized carbons (Fsp3) is 0.545. The van der Waals surface area contributed by atoms with Crippen LogP contribution in [0.4, 0.5) is 28.4 Å². The first-order valence-corrected chi connectivity index (χ1v) is 16.1. The Morgan fingerprint density at radius 3 is 2.51 bits per heavy atom. The number of hydroxylamine groups is 1. The molecule has 258 valence electrons. The van der Waals surface area contributed by atoms with Crippen molar-refractivity contribution in [1.29, 1.82) is 0 Å². The maximum Gasteiger partial charge on any atom is 0.410 e. The average Bonchev–Trinajstić information content (AvgIpc) is 3.44. The van der Waals surface area contributed by atoms with E-state index < -0.39 is 24.4 Å². The van der Waals surface area contributed by atoms with Crippen LogP contribution in [0.25, 0.3) is 16.9 Å². The minimum Gasteiger partial charge on any atom is -0.444 e. The van der Waals surface area contributed by atoms with E-state index in [1.807, 2.05) is 37.4 Å². The molecule has 47 heavy (non-hydrogen) atoms. The molecule has 1 aromatic carbocycles. The third-order valence-corrected chi connectivity index (χ3v) is 7.53. The molecule has 1 aliphatic rings. The molecule has 3 N–H and O–H groups in total. The molecule has 3 aromatic rings. The lowest BCUT2D eigenvalue weighted by molar-refractivity contribution is -0.122. The van der Waals surface area contributed by atoms with Gasteiger partial charge in [-0.1, -0.05) is 18.6 Å². The van der Waals surface area contributed by atoms with Gasteiger partial charge in [-0.25, -0.2) is 20.1 Å². The number of rotatable bonds is 14. The molecule has 0 saturated carbocycles. The molecule has 0 aliphatic carbocycles. The first-order valence-electron chi connectivity index (χ1n) is 16.1. The fourth-order valence-electron chi connectivity index (χ4n) is 5.19. The molecule has 11 nitrogen and oxygen atoms in total. The largest absolute Gasteiger partial charge is 0.444 e. The zero-order chi connectivity index (χ0) is 33.9. The second-order valence-electron chi connectivity index (χ2n) is 12.6. The van der Waals surface area contributed by atoms with Gasteiger partial charge in [0, 0.05) is 56.7 Å². The molecular formula is C33H46F3N7O4. The van der Waals surface area contributed by atoms with Gasteiger partial charge in [-0.3, -0.25) is 9.30 Å². The molecule has 3 heterocycles. The van der Waals surface area contributed by atoms with Crippen LogP contribution in [0.3, 0.4) is 0 Å². The van der Waals surface area contributed by atoms with E-state index in [9.17, 15) is 22.8 Å². The maximum atomic E-state index is 12.4. The number of halogens is 3. The van der Waals surface area contributed by atoms with Crippen LogP contribution in [0.5, 0.6) is 0 Å². The predicted molar refractivity (Wildman–Crippen MR) is 174 cm³/mol. The Balaban J connectivity index is 1.08. The predicted octanol–water partition coefficient (Wildman–Crippen LogP) is 5.86. The van der Waals surface area contributed by atoms with Crippen molar-refractivity contribution in [2.75, 3.05) is 57.7 Å². The fourth-order valence-corrected chi connectivity index (χ4v) is 5.19. The Labute approximate surface area is 273 Å². The van der Waals surface area contributed by atoms with Crippen LogP contribution < -0.4 is 16.1 Å². The van der Waals surface area contributed by atoms with Gasteiger partial charge >= 0.3 is 18.3 Å². The Bertz CT molecular complexity index is 1450. The number of carbonyl (C=O) groups excluding carboxylic acids is 2. The van der Waals surface area contributed by atoms with Crippen molar-refractivity contribution in [2.24, 2.45) is 0 Å². The number of amides is 3. The third-order valence-electron chi connectivity index (χ3n) is 7.53. The lowest BCUT2D eigenvalue weighted by Gasteiger charge is -2.35. The molecule has 0 bridgehead atoms. The Hall–Kier alpha value is -3.88. The number of fused-ring (bicyclic) bond motifs is 1. The van der Waals surface area contributed by atoms with Crippen molar-refractivity contribution >= 4 is 23.5 Å². The van der Waals surface area contributed by atoms with Gasteiger partial charge in [-0.2, -0.15) is 13.2 Å². The smallest absolute Gasteiger partial charge is 0.410 e. The number of aromatic nitrogens is 2. The molecular weight excluding hydrogens is 615 g/mol. The van der Waals surface area contributed by atoms with Crippen LogP contribution in [-0.4, -0.2) is 95.5 Å². The lowest BCUT2D eigenvalue weighted by Crippen LogP contribution is -2.50. The number of imidazole rings is 1. The monoisotopic (exact) mass is 661 g/mol. The first kappa shape index (κ1) is 36.0. The summed E-state index contributed by atoms with van der Waals surface area (Å²) in [6, 6.07) is 10.1. The quantitative estimate of drug-likeness (QED) is 0.147. The van der Waals surface area contributed by atoms with E-state index in [-0.39, 0.29) is 6.09 Å². The maximum absolute atomic E-state index is 12.4. The number of nitrogens with one attached hydrogen (secondary N) is 3. The molecule has 0 unspecified atom stereocenters. The summed E-state index contributed by atoms with van der Waals surface area (Å²) in [5.74, 6) is 0. The number of ether oxygens (including phenoxy) is 1. The Kier molecular flexibility index (Phi) is 12.9. The van der Waals surface area contributed by atoms with Gasteiger partial charge in [-0.05, 0) is 76.3 Å². The normalized spacial score (nSPS) is 14.4. The van der Waals surface area contributed by atoms with Gasteiger partial charge in [-0.15, -0.1) is 0 Å². The minimum absolute atomic E-state index is 0.239. The standard InChI is InChI=1S/C33H46F3N7O4/c1-32(2,3)47-31(45)42-18-16-41(17-19-42)14-8-20-46-39-13-6-4-5-9-25-12-15-43-28(23-37-29(43)21-25)26-10-7-11-27(22-26)40-30(44)38-24-33(34,35)36/h7,10-12,15,21-23,39H,4-6,8-9,13-14,16-20,24H2,1-3H3,(H2,38,40,44). The second-order valence-corrected chi connectivity index (χ2v) is 12.6. The third kappa shape index (κ3) is 12.3. The Morgan fingerprint density at radius 2 is 1.77 bits per heavy atom. The summed E-state index contributed by atoms with van der Waals surface area (Å²) >= 11 is 0. The molecule has 0 spiro atoms. The molecule has 0 radical (unpaired) electrons. The number of urea groups is 1. The summed E-state index contributed by atoms with van der Waals surface area (Å²) in [5.41, 5.74) is 6.51. The van der Waals surface area contributed by atoms with E-state index in [4.69, 9.17) is 9.57 Å². The van der Waals surface area contributed by atoms with E-state index in [1.165, 1.54) is 5.56 Å². The van der Waals surface area contributed by atoms with Crippen molar-refractivity contribution < 1.29 is 32.3 Å². The van der Waals surface area contributed by atoms with Gasteiger partial charge in [0.1, 0.15) is 17.8 Å². The number of anilines is 1. The summed E-state index contributed by atoms with van der Waals surface area (Å²) in [6.45, 7) is 9.64. The van der Waals surface area contributed by atoms with Crippen LogP contribution in [0.1, 0.15) is 52.0 Å². The topological polar surface area (TPSA) is 112 Å². The van der Waals surface area contributed by atoms with Crippen molar-refractivity contribution in [1.82, 2.24) is 30.0 Å². The van der Waals surface area contributed by atoms with E-state index in [2.05, 4.69) is 32.8 Å². The molecule has 1 saturated heterocycles. The molecule has 0 atom stereocenters. The molecule has 14 heteroatoms. The van der Waals surface area contributed by atoms with Crippen molar-refractivity contribution in [3.05, 3.63) is 54.4 Å². The first-order chi connectivity index (χ1) is 22.4. The highest BCUT2D eigenvalue weighted by molar-refractivity contribution is 5.90. The number of benzene rings is 1. The summed E-state index contributed by atoms with van der Waals surface area (Å²) in [6.07, 6.45) is 3.91. The highest BCUT2D eigenvalue weighted by atomic mass is 19.4. The summed E-state index contributed by atoms with van der Waals surface area (Å²) in [4.78, 5) is 38.3. The number of hydrogen-bond acceptors (Lipinski definition) is 7. The number of aryl methyl sites for hydroxylation is 1. The highest BCUT2D eigenvalue weighted by Crippen LogP contribution is 2.25. The van der Waals surface area contributed by atoms with Crippen molar-refractivity contribution in [3.8, 4) is 11.3 Å². The number of carbonyl (C=O) groups is 2. The van der Waals surface area contributed by atoms with Gasteiger partial charge in [0.15, 0.2) is 0 Å². The molecule has 3 amide bonds. The van der Waals surface area contributed by atoms with Gasteiger partial charge in [0.2, 0.25) is 0 Å². The summed E-state index contributed by atoms with van der Waals surface area (Å²) in [5, 5.41) is 4.24. The summed E-state index contributed by atoms with van der Waals surface area (Å²) < 4.78 is 44.5. The zero-order valence-electron chi connectivity index (χ0n) is 27.4. The molecule has 1 fully saturated rings. The van der Waals surface area contributed by atoms with E-state index in [0.29, 0.717) is 25.4 Å². The van der Waals surface area contributed by atoms with Gasteiger partial charge in [0.05, 0.1) is 18.5 Å². The average molecular weight is 662 g/mol. The van der Waals surface area contributed by atoms with Crippen molar-refractivity contribution in [3.63, 3.8) is 0 Å². The second kappa shape index (κ2) is 16.8. The highest BCUT2D eigenvalue weighted by Gasteiger charge is 2.28. The van der Waals surface area contributed by atoms with Crippen LogP contribution in [0.2, 0.25) is 0 Å². The zero-order valence-corrected chi connectivity index (χ0v) is 27.4. The molecule has 1 aliphatic heterocycles. The number of nitrogens with zero attached hydrogens (tertiary/aromatic N) is 4. The van der Waals surface area contributed by atoms with Crippen LogP contribution in [0.15, 0.2) is 48.8 Å². The number of pyridine rings is 1. The van der Waals surface area contributed by atoms with Gasteiger partial charge < -0.3 is 25.1 Å². The molecule has 2 aromatic heterocycles. The minimum atomic E-state index is -4.48. The molecule has 4 rings (SSSR count). The number of piperazine rings is 1. The summed E-state index contributed by atoms with van der Waals surface area (Å²) in [7, 11) is 0.